The maximum Gasteiger partial charge on any atom is 0.516 e. The van der Waals surface area contributed by atoms with Crippen LogP contribution in [0.15, 0.2) is 16.6 Å². The summed E-state index contributed by atoms with van der Waals surface area (Å²) in [6.45, 7) is 5.65. The Labute approximate surface area is 201 Å². The number of ether oxygens (including phenoxy) is 4. The Bertz CT molecular complexity index is 1090. The van der Waals surface area contributed by atoms with Crippen LogP contribution >= 0.6 is 15.9 Å². The number of methoxy groups -OCH3 is 1. The van der Waals surface area contributed by atoms with Gasteiger partial charge >= 0.3 is 12.1 Å². The van der Waals surface area contributed by atoms with Gasteiger partial charge in [0.2, 0.25) is 5.88 Å². The third-order valence-corrected chi connectivity index (χ3v) is 6.42. The summed E-state index contributed by atoms with van der Waals surface area (Å²) in [5.41, 5.74) is -0.164. The van der Waals surface area contributed by atoms with E-state index in [0.717, 1.165) is 46.6 Å². The molecule has 4 rings (SSSR count). The second-order valence-electron chi connectivity index (χ2n) is 9.40. The minimum atomic E-state index is -1.52. The number of benzene rings is 1. The number of nitrogens with zero attached hydrogens (tertiary/aromatic N) is 1. The third kappa shape index (κ3) is 4.94. The number of pyridine rings is 1. The van der Waals surface area contributed by atoms with Gasteiger partial charge in [-0.2, -0.15) is 0 Å². The molecule has 0 amide bonds. The van der Waals surface area contributed by atoms with Crippen LogP contribution in [0.1, 0.15) is 57.7 Å². The van der Waals surface area contributed by atoms with Crippen molar-refractivity contribution >= 4 is 38.8 Å². The maximum absolute atomic E-state index is 13.1. The summed E-state index contributed by atoms with van der Waals surface area (Å²) in [6.07, 6.45) is 3.87. The van der Waals surface area contributed by atoms with E-state index in [1.165, 1.54) is 5.56 Å². The predicted octanol–water partition coefficient (Wildman–Crippen LogP) is 4.82. The van der Waals surface area contributed by atoms with Crippen molar-refractivity contribution in [1.29, 1.82) is 0 Å². The highest BCUT2D eigenvalue weighted by Gasteiger charge is 2.47. The van der Waals surface area contributed by atoms with Crippen LogP contribution in [0, 0.1) is 0 Å². The first-order chi connectivity index (χ1) is 15.6. The summed E-state index contributed by atoms with van der Waals surface area (Å²) in [5.74, 6) is 0.199. The fourth-order valence-corrected chi connectivity index (χ4v) is 4.82. The molecule has 1 aromatic heterocycles. The zero-order chi connectivity index (χ0) is 23.8. The number of hydrogen-bond donors (Lipinski definition) is 1. The number of hydrogen-bond acceptors (Lipinski definition) is 8. The lowest BCUT2D eigenvalue weighted by Gasteiger charge is -2.29. The van der Waals surface area contributed by atoms with E-state index in [1.54, 1.807) is 27.9 Å². The molecule has 1 atom stereocenters. The number of esters is 1. The fourth-order valence-electron chi connectivity index (χ4n) is 4.31. The summed E-state index contributed by atoms with van der Waals surface area (Å²) >= 11 is 3.55. The van der Waals surface area contributed by atoms with Crippen molar-refractivity contribution in [2.24, 2.45) is 0 Å². The molecular weight excluding hydrogens is 492 g/mol. The Kier molecular flexibility index (Phi) is 6.55. The third-order valence-electron chi connectivity index (χ3n) is 5.81. The molecule has 2 aromatic rings. The van der Waals surface area contributed by atoms with Gasteiger partial charge in [-0.3, -0.25) is 5.32 Å². The van der Waals surface area contributed by atoms with E-state index in [9.17, 15) is 9.59 Å². The van der Waals surface area contributed by atoms with Crippen LogP contribution in [0.2, 0.25) is 0 Å². The first-order valence-corrected chi connectivity index (χ1v) is 12.0. The number of carbonyl (C=O) groups excluding carboxylic acids is 2. The molecule has 0 bridgehead atoms. The summed E-state index contributed by atoms with van der Waals surface area (Å²) in [7, 11) is 1.63. The Morgan fingerprint density at radius 2 is 1.88 bits per heavy atom. The van der Waals surface area contributed by atoms with Crippen LogP contribution in [0.25, 0.3) is 10.8 Å². The first kappa shape index (κ1) is 23.8. The van der Waals surface area contributed by atoms with Crippen LogP contribution in [0.4, 0.5) is 4.79 Å². The molecule has 2 aliphatic rings. The van der Waals surface area contributed by atoms with E-state index in [2.05, 4.69) is 21.2 Å². The zero-order valence-electron chi connectivity index (χ0n) is 19.4. The van der Waals surface area contributed by atoms with E-state index in [-0.39, 0.29) is 0 Å². The van der Waals surface area contributed by atoms with E-state index in [1.807, 2.05) is 12.1 Å². The molecule has 2 heterocycles. The highest BCUT2D eigenvalue weighted by Crippen LogP contribution is 2.40. The maximum atomic E-state index is 13.1. The van der Waals surface area contributed by atoms with Gasteiger partial charge in [-0.1, -0.05) is 0 Å². The number of aryl methyl sites for hydroxylation is 2. The molecule has 178 valence electrons. The van der Waals surface area contributed by atoms with Crippen molar-refractivity contribution in [2.45, 2.75) is 70.6 Å². The summed E-state index contributed by atoms with van der Waals surface area (Å²) in [5, 5.41) is 4.84. The van der Waals surface area contributed by atoms with E-state index < -0.39 is 23.5 Å². The lowest BCUT2D eigenvalue weighted by atomic mass is 9.91. The Morgan fingerprint density at radius 3 is 2.55 bits per heavy atom. The van der Waals surface area contributed by atoms with Gasteiger partial charge in [-0.15, -0.1) is 0 Å². The van der Waals surface area contributed by atoms with Gasteiger partial charge < -0.3 is 18.9 Å². The van der Waals surface area contributed by atoms with Gasteiger partial charge in [0.1, 0.15) is 11.4 Å². The molecule has 1 aliphatic heterocycles. The van der Waals surface area contributed by atoms with E-state index in [4.69, 9.17) is 23.9 Å². The van der Waals surface area contributed by atoms with E-state index in [0.29, 0.717) is 31.0 Å². The molecule has 1 aromatic carbocycles. The smallest absolute Gasteiger partial charge is 0.496 e. The largest absolute Gasteiger partial charge is 0.516 e. The zero-order valence-corrected chi connectivity index (χ0v) is 21.0. The Morgan fingerprint density at radius 1 is 1.12 bits per heavy atom. The van der Waals surface area contributed by atoms with Gasteiger partial charge in [0.25, 0.3) is 5.72 Å². The molecule has 1 fully saturated rings. The molecule has 1 saturated heterocycles. The number of rotatable bonds is 4. The molecule has 0 saturated carbocycles. The molecule has 0 radical (unpaired) electrons. The summed E-state index contributed by atoms with van der Waals surface area (Å²) in [4.78, 5) is 30.1. The van der Waals surface area contributed by atoms with Gasteiger partial charge in [0, 0.05) is 17.5 Å². The molecular formula is C24H29BrN2O6. The number of nitrogens with one attached hydrogen (secondary N) is 1. The van der Waals surface area contributed by atoms with Crippen LogP contribution in [0.3, 0.4) is 0 Å². The minimum Gasteiger partial charge on any atom is -0.496 e. The number of carbonyl (C=O) groups is 2. The van der Waals surface area contributed by atoms with Crippen LogP contribution in [0.5, 0.6) is 11.6 Å². The topological polar surface area (TPSA) is 96.0 Å². The van der Waals surface area contributed by atoms with E-state index >= 15 is 0 Å². The SMILES string of the molecule is COc1cc2c3c(nc(O[C@@]4(C(=O)OC(=O)OC(C)(C)C)CCCN4)c2cc1Br)CCCC3. The lowest BCUT2D eigenvalue weighted by Crippen LogP contribution is -2.54. The normalized spacial score (nSPS) is 20.3. The standard InChI is InChI=1S/C24H29BrN2O6/c1-23(2,3)33-22(29)31-21(28)24(10-7-11-26-24)32-20-16-12-17(25)19(30-4)13-15(16)14-8-5-6-9-18(14)27-20/h12-13,26H,5-11H2,1-4H3/t24-/m1/s1. The van der Waals surface area contributed by atoms with Crippen molar-refractivity contribution in [3.8, 4) is 11.6 Å². The van der Waals surface area contributed by atoms with Gasteiger partial charge in [-0.05, 0) is 98.4 Å². The molecule has 33 heavy (non-hydrogen) atoms. The molecule has 0 spiro atoms. The van der Waals surface area contributed by atoms with Crippen molar-refractivity contribution in [1.82, 2.24) is 10.3 Å². The minimum absolute atomic E-state index is 0.324. The fraction of sp³-hybridized carbons (Fsp3) is 0.542. The highest BCUT2D eigenvalue weighted by atomic mass is 79.9. The van der Waals surface area contributed by atoms with Crippen LogP contribution in [-0.4, -0.2) is 42.1 Å². The first-order valence-electron chi connectivity index (χ1n) is 11.2. The van der Waals surface area contributed by atoms with Crippen molar-refractivity contribution in [3.63, 3.8) is 0 Å². The Balaban J connectivity index is 1.73. The molecule has 1 aliphatic carbocycles. The summed E-state index contributed by atoms with van der Waals surface area (Å²) < 4.78 is 22.7. The monoisotopic (exact) mass is 520 g/mol. The number of halogens is 1. The van der Waals surface area contributed by atoms with Gasteiger partial charge in [0.05, 0.1) is 11.6 Å². The number of aromatic nitrogens is 1. The van der Waals surface area contributed by atoms with Crippen molar-refractivity contribution < 1.29 is 28.5 Å². The quantitative estimate of drug-likeness (QED) is 0.452. The molecule has 9 heteroatoms. The molecule has 1 N–H and O–H groups in total. The van der Waals surface area contributed by atoms with Gasteiger partial charge in [-0.25, -0.2) is 14.6 Å². The van der Waals surface area contributed by atoms with Crippen molar-refractivity contribution in [3.05, 3.63) is 27.9 Å². The number of fused-ring (bicyclic) bond motifs is 3. The lowest BCUT2D eigenvalue weighted by molar-refractivity contribution is -0.161. The van der Waals surface area contributed by atoms with Crippen LogP contribution < -0.4 is 14.8 Å². The summed E-state index contributed by atoms with van der Waals surface area (Å²) in [6, 6.07) is 3.87. The molecule has 8 nitrogen and oxygen atoms in total. The van der Waals surface area contributed by atoms with Crippen LogP contribution in [-0.2, 0) is 27.1 Å². The average molecular weight is 521 g/mol. The second-order valence-corrected chi connectivity index (χ2v) is 10.2. The Hall–Kier alpha value is -2.39. The molecule has 0 unspecified atom stereocenters. The average Bonchev–Trinajstić information content (AvgIpc) is 3.22. The second kappa shape index (κ2) is 9.10. The highest BCUT2D eigenvalue weighted by molar-refractivity contribution is 9.10. The van der Waals surface area contributed by atoms with Crippen molar-refractivity contribution in [2.75, 3.05) is 13.7 Å². The van der Waals surface area contributed by atoms with Gasteiger partial charge in [0.15, 0.2) is 0 Å². The predicted molar refractivity (Wildman–Crippen MR) is 126 cm³/mol.